The number of likely N-dealkylation sites (N-methyl/N-ethyl adjacent to an activating group) is 1. The number of fused-ring (bicyclic) bond motifs is 1. The monoisotopic (exact) mass is 736 g/mol. The highest BCUT2D eigenvalue weighted by Crippen LogP contribution is 2.31. The normalized spacial score (nSPS) is 20.5. The third-order valence-corrected chi connectivity index (χ3v) is 12.2. The number of hydrogen-bond donors (Lipinski definition) is 2. The number of amides is 1. The minimum Gasteiger partial charge on any atom is -0.497 e. The number of ether oxygens (including phenoxy) is 3. The first kappa shape index (κ1) is 39.1. The van der Waals surface area contributed by atoms with Crippen molar-refractivity contribution in [1.29, 1.82) is 0 Å². The van der Waals surface area contributed by atoms with Crippen molar-refractivity contribution < 1.29 is 45.5 Å². The number of aliphatic hydroxyl groups excluding tert-OH is 1. The van der Waals surface area contributed by atoms with Crippen LogP contribution in [0.3, 0.4) is 0 Å². The molecule has 1 aliphatic heterocycles. The largest absolute Gasteiger partial charge is 0.497 e. The predicted molar refractivity (Wildman–Crippen MR) is 186 cm³/mol. The molecule has 1 amide bonds. The van der Waals surface area contributed by atoms with E-state index >= 15 is 0 Å². The molecular weight excluding hydrogens is 689 g/mol. The van der Waals surface area contributed by atoms with E-state index in [1.54, 1.807) is 25.1 Å². The molecule has 0 saturated heterocycles. The Bertz CT molecular complexity index is 1810. The van der Waals surface area contributed by atoms with Gasteiger partial charge in [0.15, 0.2) is 10.7 Å². The molecule has 2 heterocycles. The van der Waals surface area contributed by atoms with Crippen LogP contribution in [0.4, 0.5) is 5.69 Å². The van der Waals surface area contributed by atoms with Crippen LogP contribution in [0.1, 0.15) is 61.8 Å². The summed E-state index contributed by atoms with van der Waals surface area (Å²) in [6.07, 6.45) is 1.16. The van der Waals surface area contributed by atoms with Crippen LogP contribution in [0.25, 0.3) is 0 Å². The molecule has 2 aromatic carbocycles. The number of nitrogens with one attached hydrogen (secondary N) is 1. The predicted octanol–water partition coefficient (Wildman–Crippen LogP) is 4.22. The molecule has 0 radical (unpaired) electrons. The van der Waals surface area contributed by atoms with Gasteiger partial charge in [0.1, 0.15) is 17.2 Å². The molecule has 3 aromatic rings. The van der Waals surface area contributed by atoms with Gasteiger partial charge in [0.25, 0.3) is 15.9 Å². The fraction of sp³-hybridized carbons (Fsp3) is 0.529. The first-order chi connectivity index (χ1) is 23.6. The maximum Gasteiger partial charge on any atom is 0.267 e. The second kappa shape index (κ2) is 16.5. The van der Waals surface area contributed by atoms with Gasteiger partial charge in [-0.15, -0.1) is 0 Å². The summed E-state index contributed by atoms with van der Waals surface area (Å²) >= 11 is 0. The van der Waals surface area contributed by atoms with E-state index in [2.05, 4.69) is 9.88 Å². The summed E-state index contributed by atoms with van der Waals surface area (Å²) in [4.78, 5) is 15.9. The summed E-state index contributed by atoms with van der Waals surface area (Å²) in [7, 11) is -5.02. The van der Waals surface area contributed by atoms with Crippen molar-refractivity contribution in [1.82, 2.24) is 14.4 Å². The minimum absolute atomic E-state index is 0.00873. The molecule has 2 N–H and O–H groups in total. The Morgan fingerprint density at radius 3 is 2.42 bits per heavy atom. The number of anilines is 1. The maximum atomic E-state index is 14.4. The zero-order valence-corrected chi connectivity index (χ0v) is 31.2. The molecule has 0 unspecified atom stereocenters. The van der Waals surface area contributed by atoms with Gasteiger partial charge in [0.2, 0.25) is 10.0 Å². The van der Waals surface area contributed by atoms with Gasteiger partial charge >= 0.3 is 0 Å². The van der Waals surface area contributed by atoms with Crippen LogP contribution in [0.5, 0.6) is 11.5 Å². The molecule has 1 aromatic heterocycles. The molecule has 50 heavy (non-hydrogen) atoms. The van der Waals surface area contributed by atoms with Crippen molar-refractivity contribution in [3.8, 4) is 11.5 Å². The lowest BCUT2D eigenvalue weighted by Crippen LogP contribution is -2.48. The minimum atomic E-state index is -4.12. The van der Waals surface area contributed by atoms with E-state index in [1.165, 1.54) is 61.5 Å². The first-order valence-electron chi connectivity index (χ1n) is 16.5. The smallest absolute Gasteiger partial charge is 0.267 e. The number of hydrogen-bond acceptors (Lipinski definition) is 11. The van der Waals surface area contributed by atoms with E-state index in [0.717, 1.165) is 6.42 Å². The lowest BCUT2D eigenvalue weighted by molar-refractivity contribution is -0.00834. The SMILES string of the molecule is COc1ccc(S(=O)(=O)N(C)C[C@H]2OCCCC[C@@H](C)Oc3ccc(NS(=O)(=O)c4c(C)noc4C)cc3C(=O)N([C@@H](C)CO)C[C@@H]2C)cc1. The number of nitrogens with zero attached hydrogens (tertiary/aromatic N) is 3. The van der Waals surface area contributed by atoms with Crippen LogP contribution >= 0.6 is 0 Å². The van der Waals surface area contributed by atoms with E-state index in [1.807, 2.05) is 13.8 Å². The molecule has 0 bridgehead atoms. The van der Waals surface area contributed by atoms with E-state index in [4.69, 9.17) is 18.7 Å². The zero-order valence-electron chi connectivity index (χ0n) is 29.6. The highest BCUT2D eigenvalue weighted by Gasteiger charge is 2.33. The molecule has 0 aliphatic carbocycles. The Labute approximate surface area is 294 Å². The van der Waals surface area contributed by atoms with Gasteiger partial charge in [-0.25, -0.2) is 16.8 Å². The number of carbonyl (C=O) groups is 1. The van der Waals surface area contributed by atoms with Crippen LogP contribution in [-0.2, 0) is 24.8 Å². The van der Waals surface area contributed by atoms with Crippen LogP contribution in [0, 0.1) is 19.8 Å². The van der Waals surface area contributed by atoms with Gasteiger partial charge in [-0.3, -0.25) is 9.52 Å². The quantitative estimate of drug-likeness (QED) is 0.305. The Morgan fingerprint density at radius 1 is 1.10 bits per heavy atom. The van der Waals surface area contributed by atoms with Gasteiger partial charge in [0, 0.05) is 38.3 Å². The Morgan fingerprint density at radius 2 is 1.80 bits per heavy atom. The Balaban J connectivity index is 1.68. The van der Waals surface area contributed by atoms with Gasteiger partial charge in [-0.2, -0.15) is 4.31 Å². The molecular formula is C34H48N4O10S2. The van der Waals surface area contributed by atoms with Crippen molar-refractivity contribution in [2.24, 2.45) is 5.92 Å². The maximum absolute atomic E-state index is 14.4. The number of aliphatic hydroxyl groups is 1. The van der Waals surface area contributed by atoms with Gasteiger partial charge in [-0.05, 0) is 89.4 Å². The molecule has 0 fully saturated rings. The lowest BCUT2D eigenvalue weighted by atomic mass is 10.0. The van der Waals surface area contributed by atoms with Crippen molar-refractivity contribution in [2.75, 3.05) is 45.2 Å². The molecule has 4 rings (SSSR count). The lowest BCUT2D eigenvalue weighted by Gasteiger charge is -2.35. The van der Waals surface area contributed by atoms with Crippen LogP contribution in [0.15, 0.2) is 56.8 Å². The standard InChI is InChI=1S/C34H48N4O10S2/c1-22-19-38(23(2)21-39)34(40)30-18-27(36-49(41,42)33-25(4)35-48-26(33)5)11-16-31(30)47-24(3)10-8-9-17-46-32(22)20-37(6)50(43,44)29-14-12-28(45-7)13-15-29/h11-16,18,22-24,32,36,39H,8-10,17,19-21H2,1-7H3/t22-,23-,24+,32+/m0/s1. The highest BCUT2D eigenvalue weighted by atomic mass is 32.2. The van der Waals surface area contributed by atoms with Crippen molar-refractivity contribution >= 4 is 31.6 Å². The number of carbonyl (C=O) groups excluding carboxylic acids is 1. The molecule has 0 saturated carbocycles. The van der Waals surface area contributed by atoms with Crippen molar-refractivity contribution in [3.63, 3.8) is 0 Å². The van der Waals surface area contributed by atoms with Crippen molar-refractivity contribution in [3.05, 3.63) is 59.5 Å². The molecule has 16 heteroatoms. The topological polar surface area (TPSA) is 178 Å². The third-order valence-electron chi connectivity index (χ3n) is 8.75. The van der Waals surface area contributed by atoms with Gasteiger partial charge in [-0.1, -0.05) is 12.1 Å². The van der Waals surface area contributed by atoms with Crippen LogP contribution in [0.2, 0.25) is 0 Å². The average molecular weight is 737 g/mol. The molecule has 14 nitrogen and oxygen atoms in total. The highest BCUT2D eigenvalue weighted by molar-refractivity contribution is 7.92. The number of benzene rings is 2. The third kappa shape index (κ3) is 9.15. The summed E-state index contributed by atoms with van der Waals surface area (Å²) in [5.41, 5.74) is 0.403. The number of aromatic nitrogens is 1. The summed E-state index contributed by atoms with van der Waals surface area (Å²) in [5.74, 6) is 0.0185. The Hall–Kier alpha value is -3.70. The average Bonchev–Trinajstić information content (AvgIpc) is 3.43. The van der Waals surface area contributed by atoms with Crippen LogP contribution < -0.4 is 14.2 Å². The van der Waals surface area contributed by atoms with E-state index in [0.29, 0.717) is 25.2 Å². The van der Waals surface area contributed by atoms with Gasteiger partial charge in [0.05, 0.1) is 42.4 Å². The first-order valence-corrected chi connectivity index (χ1v) is 19.4. The number of rotatable bonds is 10. The van der Waals surface area contributed by atoms with E-state index < -0.39 is 44.0 Å². The molecule has 276 valence electrons. The molecule has 4 atom stereocenters. The second-order valence-electron chi connectivity index (χ2n) is 12.7. The number of aryl methyl sites for hydroxylation is 2. The summed E-state index contributed by atoms with van der Waals surface area (Å²) in [6.45, 7) is 8.56. The number of methoxy groups -OCH3 is 1. The fourth-order valence-corrected chi connectivity index (χ4v) is 8.36. The van der Waals surface area contributed by atoms with Crippen molar-refractivity contribution in [2.45, 2.75) is 81.9 Å². The summed E-state index contributed by atoms with van der Waals surface area (Å²) in [5, 5.41) is 14.0. The molecule has 0 spiro atoms. The van der Waals surface area contributed by atoms with Crippen LogP contribution in [-0.4, -0.2) is 101 Å². The zero-order chi connectivity index (χ0) is 36.8. The van der Waals surface area contributed by atoms with E-state index in [9.17, 15) is 26.7 Å². The number of sulfonamides is 2. The molecule has 1 aliphatic rings. The summed E-state index contributed by atoms with van der Waals surface area (Å²) in [6, 6.07) is 9.95. The summed E-state index contributed by atoms with van der Waals surface area (Å²) < 4.78 is 80.2. The Kier molecular flexibility index (Phi) is 12.9. The van der Waals surface area contributed by atoms with E-state index in [-0.39, 0.29) is 64.0 Å². The second-order valence-corrected chi connectivity index (χ2v) is 16.4. The fourth-order valence-electron chi connectivity index (χ4n) is 5.79. The van der Waals surface area contributed by atoms with Gasteiger partial charge < -0.3 is 28.7 Å².